The lowest BCUT2D eigenvalue weighted by Gasteiger charge is -2.05. The first-order valence-electron chi connectivity index (χ1n) is 4.69. The zero-order valence-electron chi connectivity index (χ0n) is 8.03. The Balaban J connectivity index is 2.25. The highest BCUT2D eigenvalue weighted by molar-refractivity contribution is 5.31. The van der Waals surface area contributed by atoms with Gasteiger partial charge in [0.2, 0.25) is 0 Å². The molecule has 74 valence electrons. The van der Waals surface area contributed by atoms with Crippen molar-refractivity contribution in [2.24, 2.45) is 0 Å². The molecule has 0 amide bonds. The van der Waals surface area contributed by atoms with E-state index in [2.05, 4.69) is 11.4 Å². The highest BCUT2D eigenvalue weighted by Crippen LogP contribution is 2.14. The van der Waals surface area contributed by atoms with Crippen LogP contribution in [0.1, 0.15) is 18.4 Å². The molecule has 0 unspecified atom stereocenters. The molecule has 14 heavy (non-hydrogen) atoms. The maximum absolute atomic E-state index is 9.42. The Bertz CT molecular complexity index is 317. The van der Waals surface area contributed by atoms with E-state index in [0.717, 1.165) is 18.5 Å². The number of nitriles is 1. The van der Waals surface area contributed by atoms with E-state index in [1.807, 2.05) is 12.1 Å². The molecule has 0 aliphatic heterocycles. The van der Waals surface area contributed by atoms with E-state index in [9.17, 15) is 5.11 Å². The molecule has 0 aromatic heterocycles. The number of hydrogen-bond acceptors (Lipinski definition) is 3. The van der Waals surface area contributed by atoms with Gasteiger partial charge in [-0.05, 0) is 19.0 Å². The van der Waals surface area contributed by atoms with Crippen LogP contribution in [0.5, 0.6) is 5.75 Å². The molecule has 0 spiro atoms. The zero-order valence-corrected chi connectivity index (χ0v) is 8.03. The standard InChI is InChI=1S/C11H14N2O/c12-7-3-4-8-13-9-10-5-1-2-6-11(10)14/h1-2,5-6,13-14H,3-4,8-9H2. The molecule has 0 atom stereocenters. The van der Waals surface area contributed by atoms with E-state index in [1.54, 1.807) is 12.1 Å². The summed E-state index contributed by atoms with van der Waals surface area (Å²) in [5, 5.41) is 20.9. The van der Waals surface area contributed by atoms with Crippen LogP contribution >= 0.6 is 0 Å². The van der Waals surface area contributed by atoms with Gasteiger partial charge in [-0.15, -0.1) is 0 Å². The highest BCUT2D eigenvalue weighted by Gasteiger charge is 1.97. The number of unbranched alkanes of at least 4 members (excludes halogenated alkanes) is 1. The van der Waals surface area contributed by atoms with Crippen molar-refractivity contribution in [1.82, 2.24) is 5.32 Å². The minimum atomic E-state index is 0.320. The molecule has 0 fully saturated rings. The number of nitrogens with one attached hydrogen (secondary N) is 1. The van der Waals surface area contributed by atoms with Crippen LogP contribution in [0.3, 0.4) is 0 Å². The van der Waals surface area contributed by atoms with Gasteiger partial charge in [-0.1, -0.05) is 18.2 Å². The number of aromatic hydroxyl groups is 1. The van der Waals surface area contributed by atoms with Gasteiger partial charge < -0.3 is 10.4 Å². The van der Waals surface area contributed by atoms with Crippen LogP contribution in [0, 0.1) is 11.3 Å². The molecule has 3 nitrogen and oxygen atoms in total. The van der Waals surface area contributed by atoms with Crippen molar-refractivity contribution in [1.29, 1.82) is 5.26 Å². The first-order valence-corrected chi connectivity index (χ1v) is 4.69. The quantitative estimate of drug-likeness (QED) is 0.696. The van der Waals surface area contributed by atoms with Crippen molar-refractivity contribution < 1.29 is 5.11 Å². The van der Waals surface area contributed by atoms with Gasteiger partial charge >= 0.3 is 0 Å². The molecule has 0 bridgehead atoms. The van der Waals surface area contributed by atoms with Gasteiger partial charge in [-0.25, -0.2) is 0 Å². The van der Waals surface area contributed by atoms with Crippen LogP contribution in [-0.2, 0) is 6.54 Å². The Morgan fingerprint density at radius 3 is 2.86 bits per heavy atom. The van der Waals surface area contributed by atoms with E-state index < -0.39 is 0 Å². The van der Waals surface area contributed by atoms with E-state index in [-0.39, 0.29) is 0 Å². The summed E-state index contributed by atoms with van der Waals surface area (Å²) >= 11 is 0. The molecule has 0 aliphatic carbocycles. The molecule has 1 aromatic rings. The van der Waals surface area contributed by atoms with Crippen molar-refractivity contribution >= 4 is 0 Å². The van der Waals surface area contributed by atoms with Crippen LogP contribution in [0.4, 0.5) is 0 Å². The van der Waals surface area contributed by atoms with Gasteiger partial charge in [0, 0.05) is 18.5 Å². The van der Waals surface area contributed by atoms with Crippen LogP contribution in [-0.4, -0.2) is 11.7 Å². The van der Waals surface area contributed by atoms with Crippen LogP contribution in [0.2, 0.25) is 0 Å². The molecule has 0 saturated heterocycles. The minimum absolute atomic E-state index is 0.320. The smallest absolute Gasteiger partial charge is 0.120 e. The second-order valence-corrected chi connectivity index (χ2v) is 3.07. The molecule has 3 heteroatoms. The lowest BCUT2D eigenvalue weighted by molar-refractivity contribution is 0.464. The molecule has 1 rings (SSSR count). The second kappa shape index (κ2) is 6.01. The van der Waals surface area contributed by atoms with Gasteiger partial charge in [0.1, 0.15) is 5.75 Å². The molecule has 0 heterocycles. The normalized spacial score (nSPS) is 9.64. The summed E-state index contributed by atoms with van der Waals surface area (Å²) in [7, 11) is 0. The molecule has 2 N–H and O–H groups in total. The summed E-state index contributed by atoms with van der Waals surface area (Å²) in [5.74, 6) is 0.320. The summed E-state index contributed by atoms with van der Waals surface area (Å²) < 4.78 is 0. The third-order valence-corrected chi connectivity index (χ3v) is 1.95. The lowest BCUT2D eigenvalue weighted by Crippen LogP contribution is -2.14. The average Bonchev–Trinajstić information content (AvgIpc) is 2.20. The monoisotopic (exact) mass is 190 g/mol. The second-order valence-electron chi connectivity index (χ2n) is 3.07. The Morgan fingerprint density at radius 1 is 1.36 bits per heavy atom. The first kappa shape index (κ1) is 10.6. The minimum Gasteiger partial charge on any atom is -0.508 e. The molecule has 1 aromatic carbocycles. The predicted octanol–water partition coefficient (Wildman–Crippen LogP) is 1.79. The molecule has 0 radical (unpaired) electrons. The Labute approximate surface area is 84.0 Å². The predicted molar refractivity (Wildman–Crippen MR) is 54.7 cm³/mol. The van der Waals surface area contributed by atoms with Crippen LogP contribution in [0.15, 0.2) is 24.3 Å². The number of para-hydroxylation sites is 1. The fraction of sp³-hybridized carbons (Fsp3) is 0.364. The number of benzene rings is 1. The number of phenolic OH excluding ortho intramolecular Hbond substituents is 1. The van der Waals surface area contributed by atoms with Crippen molar-refractivity contribution in [3.63, 3.8) is 0 Å². The summed E-state index contributed by atoms with van der Waals surface area (Å²) in [6.45, 7) is 1.46. The number of nitrogens with zero attached hydrogens (tertiary/aromatic N) is 1. The topological polar surface area (TPSA) is 56.0 Å². The summed E-state index contributed by atoms with van der Waals surface area (Å²) in [5.41, 5.74) is 0.893. The van der Waals surface area contributed by atoms with Gasteiger partial charge in [-0.3, -0.25) is 0 Å². The highest BCUT2D eigenvalue weighted by atomic mass is 16.3. The van der Waals surface area contributed by atoms with Crippen LogP contribution in [0.25, 0.3) is 0 Å². The largest absolute Gasteiger partial charge is 0.508 e. The molecular formula is C11H14N2O. The fourth-order valence-electron chi connectivity index (χ4n) is 1.18. The van der Waals surface area contributed by atoms with E-state index in [4.69, 9.17) is 5.26 Å². The maximum Gasteiger partial charge on any atom is 0.120 e. The average molecular weight is 190 g/mol. The summed E-state index contributed by atoms with van der Waals surface area (Å²) in [4.78, 5) is 0. The van der Waals surface area contributed by atoms with Gasteiger partial charge in [-0.2, -0.15) is 5.26 Å². The molecular weight excluding hydrogens is 176 g/mol. The number of rotatable bonds is 5. The van der Waals surface area contributed by atoms with Gasteiger partial charge in [0.05, 0.1) is 6.07 Å². The zero-order chi connectivity index (χ0) is 10.2. The van der Waals surface area contributed by atoms with Gasteiger partial charge in [0.25, 0.3) is 0 Å². The lowest BCUT2D eigenvalue weighted by atomic mass is 10.2. The maximum atomic E-state index is 9.42. The van der Waals surface area contributed by atoms with E-state index in [1.165, 1.54) is 0 Å². The van der Waals surface area contributed by atoms with E-state index >= 15 is 0 Å². The first-order chi connectivity index (χ1) is 6.84. The number of phenols is 1. The fourth-order valence-corrected chi connectivity index (χ4v) is 1.18. The van der Waals surface area contributed by atoms with Gasteiger partial charge in [0.15, 0.2) is 0 Å². The molecule has 0 aliphatic rings. The van der Waals surface area contributed by atoms with Crippen LogP contribution < -0.4 is 5.32 Å². The Hall–Kier alpha value is -1.53. The van der Waals surface area contributed by atoms with Crippen molar-refractivity contribution in [2.45, 2.75) is 19.4 Å². The number of hydrogen-bond donors (Lipinski definition) is 2. The summed E-state index contributed by atoms with van der Waals surface area (Å²) in [6, 6.07) is 9.34. The van der Waals surface area contributed by atoms with Crippen molar-refractivity contribution in [3.8, 4) is 11.8 Å². The summed E-state index contributed by atoms with van der Waals surface area (Å²) in [6.07, 6.45) is 1.43. The Morgan fingerprint density at radius 2 is 2.14 bits per heavy atom. The Kier molecular flexibility index (Phi) is 4.53. The van der Waals surface area contributed by atoms with E-state index in [0.29, 0.717) is 18.7 Å². The molecule has 0 saturated carbocycles. The SMILES string of the molecule is N#CCCCNCc1ccccc1O. The third-order valence-electron chi connectivity index (χ3n) is 1.95. The van der Waals surface area contributed by atoms with Crippen molar-refractivity contribution in [3.05, 3.63) is 29.8 Å². The van der Waals surface area contributed by atoms with Crippen molar-refractivity contribution in [2.75, 3.05) is 6.54 Å². The third kappa shape index (κ3) is 3.46.